The van der Waals surface area contributed by atoms with E-state index in [1.807, 2.05) is 87.5 Å². The minimum absolute atomic E-state index is 0.248. The minimum atomic E-state index is -3.64. The van der Waals surface area contributed by atoms with Gasteiger partial charge in [-0.1, -0.05) is 24.6 Å². The Bertz CT molecular complexity index is 1640. The first-order valence-corrected chi connectivity index (χ1v) is 16.3. The summed E-state index contributed by atoms with van der Waals surface area (Å²) in [5.41, 5.74) is 1.17. The topological polar surface area (TPSA) is 68.3 Å². The van der Waals surface area contributed by atoms with Crippen molar-refractivity contribution < 1.29 is 22.6 Å². The van der Waals surface area contributed by atoms with Gasteiger partial charge in [0, 0.05) is 30.1 Å². The second-order valence-corrected chi connectivity index (χ2v) is 14.0. The number of nitrogens with zero attached hydrogens (tertiary/aromatic N) is 2. The van der Waals surface area contributed by atoms with Crippen molar-refractivity contribution in [3.63, 3.8) is 0 Å². The average Bonchev–Trinajstić information content (AvgIpc) is 3.01. The molecule has 4 aromatic rings. The van der Waals surface area contributed by atoms with Crippen LogP contribution in [0.2, 0.25) is 0 Å². The van der Waals surface area contributed by atoms with Gasteiger partial charge in [-0.15, -0.1) is 0 Å². The highest BCUT2D eigenvalue weighted by molar-refractivity contribution is 7.89. The molecule has 1 aliphatic heterocycles. The molecule has 0 atom stereocenters. The SMILES string of the molecule is COc1ccc2c(Oc3ccc(OCCN4CCCCC4)cc3)c(-c3ccc(S(=O)(=O)N(C)C(C)(C)C)cc3)ccc2c1. The molecule has 0 N–H and O–H groups in total. The number of hydrogen-bond donors (Lipinski definition) is 0. The number of sulfonamides is 1. The van der Waals surface area contributed by atoms with Gasteiger partial charge in [-0.2, -0.15) is 4.31 Å². The minimum Gasteiger partial charge on any atom is -0.497 e. The van der Waals surface area contributed by atoms with Crippen molar-refractivity contribution >= 4 is 20.8 Å². The molecule has 43 heavy (non-hydrogen) atoms. The molecule has 0 bridgehead atoms. The zero-order valence-corrected chi connectivity index (χ0v) is 26.6. The summed E-state index contributed by atoms with van der Waals surface area (Å²) >= 11 is 0. The highest BCUT2D eigenvalue weighted by atomic mass is 32.2. The Balaban J connectivity index is 1.41. The third kappa shape index (κ3) is 7.15. The standard InChI is InChI=1S/C35H42N2O5S/c1-35(2,3)36(4)43(38,39)31-17-9-26(10-18-31)32-19-11-27-25-30(40-5)16-20-33(27)34(32)42-29-14-12-28(13-15-29)41-24-23-37-21-7-6-8-22-37/h9-20,25H,6-8,21-24H2,1-5H3. The molecule has 4 aromatic carbocycles. The fourth-order valence-corrected chi connectivity index (χ4v) is 6.78. The molecule has 7 nitrogen and oxygen atoms in total. The molecule has 1 saturated heterocycles. The Hall–Kier alpha value is -3.59. The van der Waals surface area contributed by atoms with Crippen LogP contribution in [0.3, 0.4) is 0 Å². The van der Waals surface area contributed by atoms with E-state index in [1.165, 1.54) is 23.6 Å². The third-order valence-electron chi connectivity index (χ3n) is 8.11. The van der Waals surface area contributed by atoms with Crippen LogP contribution in [-0.4, -0.2) is 63.6 Å². The number of hydrogen-bond acceptors (Lipinski definition) is 6. The van der Waals surface area contributed by atoms with Crippen molar-refractivity contribution in [2.75, 3.05) is 40.4 Å². The van der Waals surface area contributed by atoms with Crippen molar-refractivity contribution in [2.45, 2.75) is 50.5 Å². The first kappa shape index (κ1) is 30.9. The number of methoxy groups -OCH3 is 1. The normalized spacial score (nSPS) is 14.7. The molecule has 0 spiro atoms. The van der Waals surface area contributed by atoms with E-state index >= 15 is 0 Å². The van der Waals surface area contributed by atoms with Crippen molar-refractivity contribution in [3.8, 4) is 34.1 Å². The lowest BCUT2D eigenvalue weighted by Gasteiger charge is -2.30. The van der Waals surface area contributed by atoms with E-state index < -0.39 is 15.6 Å². The van der Waals surface area contributed by atoms with Crippen molar-refractivity contribution in [3.05, 3.63) is 78.9 Å². The Morgan fingerprint density at radius 3 is 2.12 bits per heavy atom. The van der Waals surface area contributed by atoms with Gasteiger partial charge in [0.1, 0.15) is 29.6 Å². The Morgan fingerprint density at radius 2 is 1.47 bits per heavy atom. The van der Waals surface area contributed by atoms with Crippen LogP contribution in [0.4, 0.5) is 0 Å². The highest BCUT2D eigenvalue weighted by Gasteiger charge is 2.30. The van der Waals surface area contributed by atoms with Gasteiger partial charge in [0.2, 0.25) is 10.0 Å². The van der Waals surface area contributed by atoms with Gasteiger partial charge in [-0.05, 0) is 118 Å². The zero-order chi connectivity index (χ0) is 30.6. The van der Waals surface area contributed by atoms with Crippen LogP contribution in [0.5, 0.6) is 23.0 Å². The highest BCUT2D eigenvalue weighted by Crippen LogP contribution is 2.41. The molecule has 1 aliphatic rings. The molecule has 1 heterocycles. The lowest BCUT2D eigenvalue weighted by Crippen LogP contribution is -2.42. The van der Waals surface area contributed by atoms with Crippen LogP contribution in [0, 0.1) is 0 Å². The summed E-state index contributed by atoms with van der Waals surface area (Å²) in [5.74, 6) is 2.93. The average molecular weight is 603 g/mol. The molecular weight excluding hydrogens is 560 g/mol. The molecule has 8 heteroatoms. The molecule has 0 unspecified atom stereocenters. The van der Waals surface area contributed by atoms with Crippen LogP contribution in [-0.2, 0) is 10.0 Å². The predicted octanol–water partition coefficient (Wildman–Crippen LogP) is 7.59. The molecule has 0 aliphatic carbocycles. The van der Waals surface area contributed by atoms with E-state index in [2.05, 4.69) is 4.90 Å². The maximum Gasteiger partial charge on any atom is 0.243 e. The molecule has 0 amide bonds. The van der Waals surface area contributed by atoms with Gasteiger partial charge in [0.25, 0.3) is 0 Å². The van der Waals surface area contributed by atoms with E-state index in [4.69, 9.17) is 14.2 Å². The van der Waals surface area contributed by atoms with Crippen LogP contribution in [0.1, 0.15) is 40.0 Å². The Morgan fingerprint density at radius 1 is 0.814 bits per heavy atom. The summed E-state index contributed by atoms with van der Waals surface area (Å²) in [5, 5.41) is 1.89. The summed E-state index contributed by atoms with van der Waals surface area (Å²) in [4.78, 5) is 2.71. The largest absolute Gasteiger partial charge is 0.497 e. The number of ether oxygens (including phenoxy) is 3. The van der Waals surface area contributed by atoms with Crippen molar-refractivity contribution in [1.82, 2.24) is 9.21 Å². The van der Waals surface area contributed by atoms with Crippen LogP contribution in [0.15, 0.2) is 83.8 Å². The summed E-state index contributed by atoms with van der Waals surface area (Å²) in [6.45, 7) is 9.53. The fourth-order valence-electron chi connectivity index (χ4n) is 5.27. The predicted molar refractivity (Wildman–Crippen MR) is 173 cm³/mol. The van der Waals surface area contributed by atoms with Crippen molar-refractivity contribution in [2.24, 2.45) is 0 Å². The quantitative estimate of drug-likeness (QED) is 0.186. The van der Waals surface area contributed by atoms with Gasteiger partial charge in [-0.25, -0.2) is 8.42 Å². The number of likely N-dealkylation sites (tertiary alicyclic amines) is 1. The first-order chi connectivity index (χ1) is 20.6. The molecule has 1 fully saturated rings. The van der Waals surface area contributed by atoms with Crippen LogP contribution in [0.25, 0.3) is 21.9 Å². The molecule has 228 valence electrons. The first-order valence-electron chi connectivity index (χ1n) is 14.9. The van der Waals surface area contributed by atoms with Crippen LogP contribution >= 0.6 is 0 Å². The number of rotatable bonds is 10. The number of benzene rings is 4. The fraction of sp³-hybridized carbons (Fsp3) is 0.371. The Labute approximate surface area is 256 Å². The third-order valence-corrected chi connectivity index (χ3v) is 10.3. The summed E-state index contributed by atoms with van der Waals surface area (Å²) in [7, 11) is -0.383. The van der Waals surface area contributed by atoms with Gasteiger partial charge in [0.05, 0.1) is 12.0 Å². The summed E-state index contributed by atoms with van der Waals surface area (Å²) < 4.78 is 45.9. The smallest absolute Gasteiger partial charge is 0.243 e. The van der Waals surface area contributed by atoms with Gasteiger partial charge >= 0.3 is 0 Å². The van der Waals surface area contributed by atoms with E-state index in [0.717, 1.165) is 53.0 Å². The maximum absolute atomic E-state index is 13.2. The molecule has 0 radical (unpaired) electrons. The lowest BCUT2D eigenvalue weighted by atomic mass is 9.99. The number of piperidine rings is 1. The lowest BCUT2D eigenvalue weighted by molar-refractivity contribution is 0.183. The Kier molecular flexibility index (Phi) is 9.30. The van der Waals surface area contributed by atoms with Gasteiger partial charge in [-0.3, -0.25) is 4.90 Å². The zero-order valence-electron chi connectivity index (χ0n) is 25.8. The second kappa shape index (κ2) is 13.0. The van der Waals surface area contributed by atoms with E-state index in [1.54, 1.807) is 26.3 Å². The van der Waals surface area contributed by atoms with Gasteiger partial charge in [0.15, 0.2) is 0 Å². The summed E-state index contributed by atoms with van der Waals surface area (Å²) in [6, 6.07) is 24.6. The monoisotopic (exact) mass is 602 g/mol. The molecule has 5 rings (SSSR count). The second-order valence-electron chi connectivity index (χ2n) is 12.0. The maximum atomic E-state index is 13.2. The van der Waals surface area contributed by atoms with E-state index in [0.29, 0.717) is 18.1 Å². The van der Waals surface area contributed by atoms with E-state index in [-0.39, 0.29) is 4.90 Å². The van der Waals surface area contributed by atoms with E-state index in [9.17, 15) is 8.42 Å². The number of fused-ring (bicyclic) bond motifs is 1. The molecular formula is C35H42N2O5S. The molecule has 0 saturated carbocycles. The van der Waals surface area contributed by atoms with Crippen molar-refractivity contribution in [1.29, 1.82) is 0 Å². The van der Waals surface area contributed by atoms with Gasteiger partial charge < -0.3 is 14.2 Å². The molecule has 0 aromatic heterocycles. The summed E-state index contributed by atoms with van der Waals surface area (Å²) in [6.07, 6.45) is 3.87. The van der Waals surface area contributed by atoms with Crippen LogP contribution < -0.4 is 14.2 Å².